The molecule has 1 atom stereocenters. The molecule has 5 heteroatoms. The van der Waals surface area contributed by atoms with E-state index >= 15 is 0 Å². The third-order valence-electron chi connectivity index (χ3n) is 1.72. The predicted octanol–water partition coefficient (Wildman–Crippen LogP) is 1.04. The first-order valence-electron chi connectivity index (χ1n) is 3.88. The molecule has 0 aromatic carbocycles. The first-order chi connectivity index (χ1) is 6.15. The van der Waals surface area contributed by atoms with Crippen molar-refractivity contribution in [2.24, 2.45) is 0 Å². The minimum absolute atomic E-state index is 0.00815. The van der Waals surface area contributed by atoms with Crippen molar-refractivity contribution in [1.82, 2.24) is 9.55 Å². The van der Waals surface area contributed by atoms with Crippen LogP contribution in [0.1, 0.15) is 6.92 Å². The van der Waals surface area contributed by atoms with E-state index in [9.17, 15) is 4.79 Å². The lowest BCUT2D eigenvalue weighted by atomic mass is 10.4. The summed E-state index contributed by atoms with van der Waals surface area (Å²) in [4.78, 5) is 15.3. The van der Waals surface area contributed by atoms with Crippen LogP contribution in [0.25, 0.3) is 0 Å². The topological polar surface area (TPSA) is 44.1 Å². The Morgan fingerprint density at radius 2 is 2.46 bits per heavy atom. The van der Waals surface area contributed by atoms with Crippen LogP contribution in [-0.2, 0) is 11.3 Å². The maximum absolute atomic E-state index is 11.4. The zero-order valence-corrected chi connectivity index (χ0v) is 9.11. The average molecular weight is 247 g/mol. The lowest BCUT2D eigenvalue weighted by molar-refractivity contribution is 0.102. The molecule has 0 amide bonds. The van der Waals surface area contributed by atoms with E-state index in [0.717, 1.165) is 0 Å². The molecule has 0 aliphatic rings. The van der Waals surface area contributed by atoms with E-state index in [1.807, 2.05) is 6.92 Å². The molecule has 1 aromatic heterocycles. The lowest BCUT2D eigenvalue weighted by Crippen LogP contribution is -2.26. The lowest BCUT2D eigenvalue weighted by Gasteiger charge is -2.10. The zero-order valence-electron chi connectivity index (χ0n) is 7.53. The maximum atomic E-state index is 11.4. The van der Waals surface area contributed by atoms with Crippen LogP contribution in [0.4, 0.5) is 0 Å². The highest BCUT2D eigenvalue weighted by atomic mass is 79.9. The van der Waals surface area contributed by atoms with Gasteiger partial charge in [-0.25, -0.2) is 4.98 Å². The molecule has 0 N–H and O–H groups in total. The van der Waals surface area contributed by atoms with Gasteiger partial charge in [-0.3, -0.25) is 9.36 Å². The summed E-state index contributed by atoms with van der Waals surface area (Å²) in [5, 5.41) is 0. The third-order valence-corrected chi connectivity index (χ3v) is 2.26. The molecule has 4 nitrogen and oxygen atoms in total. The Labute approximate surface area is 84.7 Å². The smallest absolute Gasteiger partial charge is 0.267 e. The van der Waals surface area contributed by atoms with Crippen molar-refractivity contribution in [3.05, 3.63) is 27.4 Å². The number of hydrogen-bond acceptors (Lipinski definition) is 3. The summed E-state index contributed by atoms with van der Waals surface area (Å²) in [5.74, 6) is 0. The van der Waals surface area contributed by atoms with Gasteiger partial charge in [0.05, 0.1) is 19.0 Å². The molecular formula is C8H11BrN2O2. The monoisotopic (exact) mass is 246 g/mol. The van der Waals surface area contributed by atoms with E-state index in [0.29, 0.717) is 11.0 Å². The standard InChI is InChI=1S/C8H11BrN2O2/c1-6(13-2)4-11-5-10-3-7(9)8(11)12/h3,5-6H,4H2,1-2H3. The highest BCUT2D eigenvalue weighted by molar-refractivity contribution is 9.10. The molecule has 1 rings (SSSR count). The van der Waals surface area contributed by atoms with Crippen LogP contribution < -0.4 is 5.56 Å². The van der Waals surface area contributed by atoms with E-state index in [-0.39, 0.29) is 11.7 Å². The van der Waals surface area contributed by atoms with Crippen LogP contribution in [0.3, 0.4) is 0 Å². The molecule has 0 saturated carbocycles. The van der Waals surface area contributed by atoms with Crippen molar-refractivity contribution >= 4 is 15.9 Å². The Morgan fingerprint density at radius 1 is 1.77 bits per heavy atom. The number of nitrogens with zero attached hydrogens (tertiary/aromatic N) is 2. The fourth-order valence-corrected chi connectivity index (χ4v) is 1.25. The first kappa shape index (κ1) is 10.4. The first-order valence-corrected chi connectivity index (χ1v) is 4.67. The van der Waals surface area contributed by atoms with E-state index in [4.69, 9.17) is 4.74 Å². The summed E-state index contributed by atoms with van der Waals surface area (Å²) in [6.45, 7) is 2.41. The molecule has 0 fully saturated rings. The second-order valence-electron chi connectivity index (χ2n) is 2.75. The van der Waals surface area contributed by atoms with E-state index in [1.54, 1.807) is 7.11 Å². The van der Waals surface area contributed by atoms with Gasteiger partial charge in [-0.05, 0) is 22.9 Å². The second kappa shape index (κ2) is 4.53. The van der Waals surface area contributed by atoms with Crippen LogP contribution >= 0.6 is 15.9 Å². The van der Waals surface area contributed by atoms with Crippen molar-refractivity contribution in [3.63, 3.8) is 0 Å². The molecule has 1 aromatic rings. The molecule has 72 valence electrons. The Morgan fingerprint density at radius 3 is 3.08 bits per heavy atom. The maximum Gasteiger partial charge on any atom is 0.267 e. The van der Waals surface area contributed by atoms with E-state index in [1.165, 1.54) is 17.1 Å². The van der Waals surface area contributed by atoms with E-state index < -0.39 is 0 Å². The Hall–Kier alpha value is -0.680. The molecule has 0 saturated heterocycles. The van der Waals surface area contributed by atoms with Crippen LogP contribution in [-0.4, -0.2) is 22.8 Å². The molecule has 1 unspecified atom stereocenters. The molecule has 0 radical (unpaired) electrons. The van der Waals surface area contributed by atoms with Gasteiger partial charge in [0.15, 0.2) is 0 Å². The quantitative estimate of drug-likeness (QED) is 0.801. The number of hydrogen-bond donors (Lipinski definition) is 0. The molecule has 13 heavy (non-hydrogen) atoms. The summed E-state index contributed by atoms with van der Waals surface area (Å²) < 4.78 is 7.03. The number of methoxy groups -OCH3 is 1. The largest absolute Gasteiger partial charge is 0.380 e. The molecular weight excluding hydrogens is 236 g/mol. The summed E-state index contributed by atoms with van der Waals surface area (Å²) in [7, 11) is 1.61. The Bertz CT molecular complexity index is 337. The van der Waals surface area contributed by atoms with Crippen LogP contribution in [0.2, 0.25) is 0 Å². The highest BCUT2D eigenvalue weighted by Gasteiger charge is 2.04. The van der Waals surface area contributed by atoms with Gasteiger partial charge < -0.3 is 4.74 Å². The van der Waals surface area contributed by atoms with Crippen molar-refractivity contribution in [2.45, 2.75) is 19.6 Å². The predicted molar refractivity (Wildman–Crippen MR) is 52.7 cm³/mol. The summed E-state index contributed by atoms with van der Waals surface area (Å²) in [6, 6.07) is 0. The van der Waals surface area contributed by atoms with E-state index in [2.05, 4.69) is 20.9 Å². The van der Waals surface area contributed by atoms with Gasteiger partial charge in [0, 0.05) is 13.3 Å². The number of ether oxygens (including phenoxy) is 1. The SMILES string of the molecule is COC(C)Cn1cncc(Br)c1=O. The van der Waals surface area contributed by atoms with Gasteiger partial charge in [-0.1, -0.05) is 0 Å². The van der Waals surface area contributed by atoms with Gasteiger partial charge >= 0.3 is 0 Å². The molecule has 0 aliphatic heterocycles. The van der Waals surface area contributed by atoms with Gasteiger partial charge in [-0.15, -0.1) is 0 Å². The van der Waals surface area contributed by atoms with Gasteiger partial charge in [0.1, 0.15) is 4.47 Å². The molecule has 0 aliphatic carbocycles. The minimum Gasteiger partial charge on any atom is -0.380 e. The normalized spacial score (nSPS) is 12.8. The molecule has 0 bridgehead atoms. The number of aromatic nitrogens is 2. The number of rotatable bonds is 3. The summed E-state index contributed by atoms with van der Waals surface area (Å²) >= 11 is 3.12. The Kier molecular flexibility index (Phi) is 3.62. The molecule has 0 spiro atoms. The zero-order chi connectivity index (χ0) is 9.84. The highest BCUT2D eigenvalue weighted by Crippen LogP contribution is 1.99. The fraction of sp³-hybridized carbons (Fsp3) is 0.500. The summed E-state index contributed by atoms with van der Waals surface area (Å²) in [5.41, 5.74) is -0.0844. The minimum atomic E-state index is -0.0844. The molecule has 1 heterocycles. The Balaban J connectivity index is 2.89. The summed E-state index contributed by atoms with van der Waals surface area (Å²) in [6.07, 6.45) is 2.99. The van der Waals surface area contributed by atoms with Crippen LogP contribution in [0, 0.1) is 0 Å². The van der Waals surface area contributed by atoms with Gasteiger partial charge in [-0.2, -0.15) is 0 Å². The second-order valence-corrected chi connectivity index (χ2v) is 3.60. The van der Waals surface area contributed by atoms with Gasteiger partial charge in [0.2, 0.25) is 0 Å². The van der Waals surface area contributed by atoms with Crippen molar-refractivity contribution in [3.8, 4) is 0 Å². The number of halogens is 1. The van der Waals surface area contributed by atoms with Gasteiger partial charge in [0.25, 0.3) is 5.56 Å². The third kappa shape index (κ3) is 2.63. The van der Waals surface area contributed by atoms with Crippen LogP contribution in [0.5, 0.6) is 0 Å². The van der Waals surface area contributed by atoms with Crippen molar-refractivity contribution in [1.29, 1.82) is 0 Å². The average Bonchev–Trinajstić information content (AvgIpc) is 2.13. The van der Waals surface area contributed by atoms with Crippen molar-refractivity contribution in [2.75, 3.05) is 7.11 Å². The van der Waals surface area contributed by atoms with Crippen LogP contribution in [0.15, 0.2) is 21.8 Å². The fourth-order valence-electron chi connectivity index (χ4n) is 0.906. The van der Waals surface area contributed by atoms with Crippen molar-refractivity contribution < 1.29 is 4.74 Å².